The van der Waals surface area contributed by atoms with Crippen molar-refractivity contribution in [3.63, 3.8) is 0 Å². The number of rotatable bonds is 8. The van der Waals surface area contributed by atoms with Gasteiger partial charge >= 0.3 is 0 Å². The monoisotopic (exact) mass is 400 g/mol. The van der Waals surface area contributed by atoms with Crippen LogP contribution >= 0.6 is 11.8 Å². The number of anilines is 1. The molecule has 0 saturated carbocycles. The summed E-state index contributed by atoms with van der Waals surface area (Å²) in [6.07, 6.45) is 0. The summed E-state index contributed by atoms with van der Waals surface area (Å²) in [6.45, 7) is 8.58. The van der Waals surface area contributed by atoms with Crippen molar-refractivity contribution in [1.82, 2.24) is 5.32 Å². The quantitative estimate of drug-likeness (QED) is 0.638. The fraction of sp³-hybridized carbons (Fsp3) is 0.364. The number of quaternary nitrogens is 1. The van der Waals surface area contributed by atoms with Gasteiger partial charge in [-0.1, -0.05) is 17.8 Å². The standard InChI is InChI=1S/C22H29N3O2S/c1-15(2)23-21(26)13-25(5)14-22(27)24-18-7-10-19(11-8-18)28-20-9-6-16(3)17(4)12-20/h6-12,15H,13-14H2,1-5H3,(H,23,26)(H,24,27)/p+1. The molecule has 3 N–H and O–H groups in total. The van der Waals surface area contributed by atoms with Crippen LogP contribution in [0.25, 0.3) is 0 Å². The van der Waals surface area contributed by atoms with E-state index in [1.807, 2.05) is 45.2 Å². The van der Waals surface area contributed by atoms with Gasteiger partial charge in [0.05, 0.1) is 7.05 Å². The Morgan fingerprint density at radius 2 is 1.54 bits per heavy atom. The molecule has 0 fully saturated rings. The first-order chi connectivity index (χ1) is 13.2. The van der Waals surface area contributed by atoms with E-state index in [-0.39, 0.29) is 30.9 Å². The molecular formula is C22H30N3O2S+. The first-order valence-corrected chi connectivity index (χ1v) is 10.3. The summed E-state index contributed by atoms with van der Waals surface area (Å²) in [7, 11) is 1.84. The Balaban J connectivity index is 1.85. The summed E-state index contributed by atoms with van der Waals surface area (Å²) in [5.74, 6) is -0.155. The fourth-order valence-corrected chi connectivity index (χ4v) is 3.62. The zero-order valence-corrected chi connectivity index (χ0v) is 18.1. The smallest absolute Gasteiger partial charge is 0.279 e. The summed E-state index contributed by atoms with van der Waals surface area (Å²) in [4.78, 5) is 27.1. The molecule has 0 heterocycles. The molecule has 2 aromatic carbocycles. The number of hydrogen-bond donors (Lipinski definition) is 3. The molecule has 0 spiro atoms. The zero-order valence-electron chi connectivity index (χ0n) is 17.3. The van der Waals surface area contributed by atoms with Gasteiger partial charge in [-0.3, -0.25) is 9.59 Å². The summed E-state index contributed by atoms with van der Waals surface area (Å²) in [6, 6.07) is 14.4. The largest absolute Gasteiger partial charge is 0.349 e. The Morgan fingerprint density at radius 3 is 2.14 bits per heavy atom. The van der Waals surface area contributed by atoms with E-state index >= 15 is 0 Å². The van der Waals surface area contributed by atoms with Gasteiger partial charge in [-0.15, -0.1) is 0 Å². The second-order valence-electron chi connectivity index (χ2n) is 7.45. The summed E-state index contributed by atoms with van der Waals surface area (Å²) < 4.78 is 0. The van der Waals surface area contributed by atoms with Crippen LogP contribution in [0.4, 0.5) is 5.69 Å². The lowest BCUT2D eigenvalue weighted by atomic mass is 10.1. The highest BCUT2D eigenvalue weighted by molar-refractivity contribution is 7.99. The minimum atomic E-state index is -0.107. The molecule has 0 aliphatic heterocycles. The molecule has 6 heteroatoms. The van der Waals surface area contributed by atoms with Crippen LogP contribution in [-0.4, -0.2) is 38.0 Å². The molecule has 5 nitrogen and oxygen atoms in total. The van der Waals surface area contributed by atoms with Crippen molar-refractivity contribution in [3.05, 3.63) is 53.6 Å². The van der Waals surface area contributed by atoms with Crippen LogP contribution in [0.15, 0.2) is 52.3 Å². The van der Waals surface area contributed by atoms with E-state index in [4.69, 9.17) is 0 Å². The molecule has 0 aliphatic carbocycles. The molecule has 2 rings (SSSR count). The maximum absolute atomic E-state index is 12.2. The normalized spacial score (nSPS) is 11.9. The van der Waals surface area contributed by atoms with Gasteiger partial charge < -0.3 is 15.5 Å². The number of hydrogen-bond acceptors (Lipinski definition) is 3. The molecule has 0 bridgehead atoms. The van der Waals surface area contributed by atoms with E-state index in [9.17, 15) is 9.59 Å². The number of carbonyl (C=O) groups is 2. The van der Waals surface area contributed by atoms with Crippen molar-refractivity contribution in [3.8, 4) is 0 Å². The Morgan fingerprint density at radius 1 is 0.929 bits per heavy atom. The maximum atomic E-state index is 12.2. The summed E-state index contributed by atoms with van der Waals surface area (Å²) in [5.41, 5.74) is 3.33. The number of benzene rings is 2. The molecule has 0 aliphatic rings. The highest BCUT2D eigenvalue weighted by Gasteiger charge is 2.14. The van der Waals surface area contributed by atoms with Crippen molar-refractivity contribution in [2.45, 2.75) is 43.5 Å². The number of aryl methyl sites for hydroxylation is 2. The predicted molar refractivity (Wildman–Crippen MR) is 115 cm³/mol. The van der Waals surface area contributed by atoms with Gasteiger partial charge in [-0.05, 0) is 75.2 Å². The lowest BCUT2D eigenvalue weighted by Gasteiger charge is -2.15. The van der Waals surface area contributed by atoms with Crippen LogP contribution in [-0.2, 0) is 9.59 Å². The van der Waals surface area contributed by atoms with E-state index in [1.54, 1.807) is 11.8 Å². The molecule has 2 amide bonds. The highest BCUT2D eigenvalue weighted by atomic mass is 32.2. The van der Waals surface area contributed by atoms with Crippen molar-refractivity contribution in [1.29, 1.82) is 0 Å². The Labute approximate surface area is 171 Å². The summed E-state index contributed by atoms with van der Waals surface area (Å²) in [5, 5.41) is 5.73. The van der Waals surface area contributed by atoms with Crippen LogP contribution in [0.3, 0.4) is 0 Å². The van der Waals surface area contributed by atoms with Gasteiger partial charge in [0.25, 0.3) is 11.8 Å². The molecule has 150 valence electrons. The van der Waals surface area contributed by atoms with Crippen LogP contribution in [0.2, 0.25) is 0 Å². The molecule has 0 aromatic heterocycles. The third-order valence-corrected chi connectivity index (χ3v) is 5.22. The fourth-order valence-electron chi connectivity index (χ4n) is 2.71. The average molecular weight is 401 g/mol. The second kappa shape index (κ2) is 10.3. The van der Waals surface area contributed by atoms with Gasteiger partial charge in [0.15, 0.2) is 13.1 Å². The van der Waals surface area contributed by atoms with Crippen LogP contribution in [0.1, 0.15) is 25.0 Å². The number of likely N-dealkylation sites (N-methyl/N-ethyl adjacent to an activating group) is 1. The van der Waals surface area contributed by atoms with Gasteiger partial charge in [0, 0.05) is 21.5 Å². The SMILES string of the molecule is Cc1ccc(Sc2ccc(NC(=O)C[NH+](C)CC(=O)NC(C)C)cc2)cc1C. The van der Waals surface area contributed by atoms with E-state index < -0.39 is 0 Å². The third-order valence-electron chi connectivity index (χ3n) is 4.23. The summed E-state index contributed by atoms with van der Waals surface area (Å²) >= 11 is 1.70. The van der Waals surface area contributed by atoms with Gasteiger partial charge in [-0.2, -0.15) is 0 Å². The first-order valence-electron chi connectivity index (χ1n) is 9.48. The zero-order chi connectivity index (χ0) is 20.7. The van der Waals surface area contributed by atoms with E-state index in [1.165, 1.54) is 16.0 Å². The van der Waals surface area contributed by atoms with E-state index in [2.05, 4.69) is 42.7 Å². The van der Waals surface area contributed by atoms with Crippen molar-refractivity contribution >= 4 is 29.3 Å². The molecule has 28 heavy (non-hydrogen) atoms. The Hall–Kier alpha value is -2.31. The van der Waals surface area contributed by atoms with Crippen LogP contribution in [0.5, 0.6) is 0 Å². The topological polar surface area (TPSA) is 62.6 Å². The van der Waals surface area contributed by atoms with E-state index in [0.29, 0.717) is 0 Å². The van der Waals surface area contributed by atoms with Crippen molar-refractivity contribution in [2.75, 3.05) is 25.5 Å². The van der Waals surface area contributed by atoms with Crippen molar-refractivity contribution in [2.24, 2.45) is 0 Å². The number of nitrogens with one attached hydrogen (secondary N) is 3. The molecule has 1 unspecified atom stereocenters. The van der Waals surface area contributed by atoms with Crippen molar-refractivity contribution < 1.29 is 14.5 Å². The minimum absolute atomic E-state index is 0.0481. The van der Waals surface area contributed by atoms with E-state index in [0.717, 1.165) is 15.5 Å². The molecule has 0 saturated heterocycles. The van der Waals surface area contributed by atoms with Crippen LogP contribution in [0, 0.1) is 13.8 Å². The number of amides is 2. The first kappa shape index (κ1) is 22.0. The average Bonchev–Trinajstić information content (AvgIpc) is 2.58. The third kappa shape index (κ3) is 7.37. The Bertz CT molecular complexity index is 819. The van der Waals surface area contributed by atoms with Gasteiger partial charge in [0.1, 0.15) is 0 Å². The minimum Gasteiger partial charge on any atom is -0.349 e. The molecular weight excluding hydrogens is 370 g/mol. The van der Waals surface area contributed by atoms with Gasteiger partial charge in [-0.25, -0.2) is 0 Å². The molecule has 0 radical (unpaired) electrons. The maximum Gasteiger partial charge on any atom is 0.279 e. The highest BCUT2D eigenvalue weighted by Crippen LogP contribution is 2.29. The van der Waals surface area contributed by atoms with Crippen LogP contribution < -0.4 is 15.5 Å². The Kier molecular flexibility index (Phi) is 8.08. The predicted octanol–water partition coefficient (Wildman–Crippen LogP) is 2.43. The lowest BCUT2D eigenvalue weighted by Crippen LogP contribution is -3.11. The number of carbonyl (C=O) groups excluding carboxylic acids is 2. The lowest BCUT2D eigenvalue weighted by molar-refractivity contribution is -0.862. The molecule has 2 aromatic rings. The van der Waals surface area contributed by atoms with Gasteiger partial charge in [0.2, 0.25) is 0 Å². The second-order valence-corrected chi connectivity index (χ2v) is 8.60. The molecule has 1 atom stereocenters.